The predicted molar refractivity (Wildman–Crippen MR) is 63.9 cm³/mol. The van der Waals surface area contributed by atoms with E-state index in [0.717, 1.165) is 39.1 Å². The van der Waals surface area contributed by atoms with Crippen LogP contribution in [0, 0.1) is 16.7 Å². The number of hydrogen-bond donors (Lipinski definition) is 1. The maximum absolute atomic E-state index is 8.91. The van der Waals surface area contributed by atoms with E-state index in [-0.39, 0.29) is 11.5 Å². The third kappa shape index (κ3) is 4.48. The summed E-state index contributed by atoms with van der Waals surface area (Å²) < 4.78 is 5.51. The first-order valence-corrected chi connectivity index (χ1v) is 6.02. The highest BCUT2D eigenvalue weighted by Crippen LogP contribution is 2.21. The maximum atomic E-state index is 8.91. The first kappa shape index (κ1) is 13.4. The van der Waals surface area contributed by atoms with E-state index in [1.807, 2.05) is 13.8 Å². The van der Waals surface area contributed by atoms with Gasteiger partial charge < -0.3 is 10.5 Å². The lowest BCUT2D eigenvalue weighted by Gasteiger charge is -2.32. The molecule has 1 unspecified atom stereocenters. The van der Waals surface area contributed by atoms with Crippen LogP contribution in [-0.2, 0) is 4.74 Å². The summed E-state index contributed by atoms with van der Waals surface area (Å²) in [5, 5.41) is 8.91. The van der Waals surface area contributed by atoms with Crippen molar-refractivity contribution in [2.75, 3.05) is 32.8 Å². The summed E-state index contributed by atoms with van der Waals surface area (Å²) in [6.07, 6.45) is 2.21. The molecule has 1 aliphatic rings. The van der Waals surface area contributed by atoms with Crippen molar-refractivity contribution >= 4 is 0 Å². The number of rotatable bonds is 5. The van der Waals surface area contributed by atoms with Gasteiger partial charge in [0.1, 0.15) is 0 Å². The summed E-state index contributed by atoms with van der Waals surface area (Å²) in [5.41, 5.74) is 5.40. The van der Waals surface area contributed by atoms with Gasteiger partial charge in [-0.1, -0.05) is 0 Å². The molecule has 0 aromatic rings. The summed E-state index contributed by atoms with van der Waals surface area (Å²) >= 11 is 0. The molecule has 0 aromatic heterocycles. The lowest BCUT2D eigenvalue weighted by atomic mass is 9.90. The average molecular weight is 225 g/mol. The molecule has 1 saturated heterocycles. The minimum Gasteiger partial charge on any atom is -0.374 e. The van der Waals surface area contributed by atoms with Crippen LogP contribution in [0.1, 0.15) is 26.7 Å². The first-order chi connectivity index (χ1) is 7.57. The first-order valence-electron chi connectivity index (χ1n) is 6.02. The van der Waals surface area contributed by atoms with Gasteiger partial charge in [0, 0.05) is 19.6 Å². The second-order valence-electron chi connectivity index (χ2n) is 5.13. The van der Waals surface area contributed by atoms with Crippen LogP contribution in [0.3, 0.4) is 0 Å². The number of ether oxygens (including phenoxy) is 1. The maximum Gasteiger partial charge on any atom is 0.0824 e. The van der Waals surface area contributed by atoms with Crippen LogP contribution in [0.5, 0.6) is 0 Å². The SMILES string of the molecule is CC(C)(C#N)CCCN1CCOC(CN)C1. The van der Waals surface area contributed by atoms with Gasteiger partial charge in [0.15, 0.2) is 0 Å². The molecule has 92 valence electrons. The van der Waals surface area contributed by atoms with Crippen molar-refractivity contribution in [3.8, 4) is 6.07 Å². The Balaban J connectivity index is 2.20. The quantitative estimate of drug-likeness (QED) is 0.757. The molecule has 1 heterocycles. The van der Waals surface area contributed by atoms with E-state index in [9.17, 15) is 0 Å². The van der Waals surface area contributed by atoms with Gasteiger partial charge in [-0.3, -0.25) is 4.90 Å². The highest BCUT2D eigenvalue weighted by molar-refractivity contribution is 4.91. The van der Waals surface area contributed by atoms with Crippen molar-refractivity contribution in [3.05, 3.63) is 0 Å². The molecule has 0 bridgehead atoms. The smallest absolute Gasteiger partial charge is 0.0824 e. The molecule has 1 aliphatic heterocycles. The number of nitrogens with zero attached hydrogens (tertiary/aromatic N) is 2. The van der Waals surface area contributed by atoms with Gasteiger partial charge >= 0.3 is 0 Å². The minimum absolute atomic E-state index is 0.192. The minimum atomic E-state index is -0.195. The lowest BCUT2D eigenvalue weighted by Crippen LogP contribution is -2.45. The fourth-order valence-corrected chi connectivity index (χ4v) is 1.93. The van der Waals surface area contributed by atoms with Crippen molar-refractivity contribution in [2.45, 2.75) is 32.8 Å². The zero-order valence-electron chi connectivity index (χ0n) is 10.4. The summed E-state index contributed by atoms with van der Waals surface area (Å²) in [7, 11) is 0. The summed E-state index contributed by atoms with van der Waals surface area (Å²) in [6.45, 7) is 8.34. The Bertz CT molecular complexity index is 247. The molecule has 0 amide bonds. The van der Waals surface area contributed by atoms with Crippen LogP contribution < -0.4 is 5.73 Å². The third-order valence-electron chi connectivity index (χ3n) is 3.06. The number of nitrogens with two attached hydrogens (primary N) is 1. The average Bonchev–Trinajstić information content (AvgIpc) is 2.29. The van der Waals surface area contributed by atoms with Crippen molar-refractivity contribution < 1.29 is 4.74 Å². The zero-order chi connectivity index (χ0) is 12.0. The highest BCUT2D eigenvalue weighted by atomic mass is 16.5. The molecule has 0 saturated carbocycles. The van der Waals surface area contributed by atoms with Gasteiger partial charge in [0.2, 0.25) is 0 Å². The fraction of sp³-hybridized carbons (Fsp3) is 0.917. The van der Waals surface area contributed by atoms with Crippen LogP contribution in [0.2, 0.25) is 0 Å². The van der Waals surface area contributed by atoms with Crippen LogP contribution in [0.4, 0.5) is 0 Å². The summed E-state index contributed by atoms with van der Waals surface area (Å²) in [4.78, 5) is 2.38. The molecule has 0 spiro atoms. The number of morpholine rings is 1. The summed E-state index contributed by atoms with van der Waals surface area (Å²) in [6, 6.07) is 2.34. The van der Waals surface area contributed by atoms with Crippen LogP contribution in [0.25, 0.3) is 0 Å². The summed E-state index contributed by atoms with van der Waals surface area (Å²) in [5.74, 6) is 0. The van der Waals surface area contributed by atoms with Gasteiger partial charge in [0.25, 0.3) is 0 Å². The second-order valence-corrected chi connectivity index (χ2v) is 5.13. The fourth-order valence-electron chi connectivity index (χ4n) is 1.93. The largest absolute Gasteiger partial charge is 0.374 e. The van der Waals surface area contributed by atoms with Crippen LogP contribution >= 0.6 is 0 Å². The number of nitriles is 1. The van der Waals surface area contributed by atoms with E-state index < -0.39 is 0 Å². The normalized spacial score (nSPS) is 23.0. The van der Waals surface area contributed by atoms with E-state index >= 15 is 0 Å². The molecule has 0 aliphatic carbocycles. The van der Waals surface area contributed by atoms with E-state index in [4.69, 9.17) is 15.7 Å². The Hall–Kier alpha value is -0.630. The van der Waals surface area contributed by atoms with Gasteiger partial charge in [-0.2, -0.15) is 5.26 Å². The highest BCUT2D eigenvalue weighted by Gasteiger charge is 2.20. The van der Waals surface area contributed by atoms with Gasteiger partial charge in [0.05, 0.1) is 24.2 Å². The second kappa shape index (κ2) is 6.19. The molecular formula is C12H23N3O. The van der Waals surface area contributed by atoms with Gasteiger partial charge in [-0.15, -0.1) is 0 Å². The molecule has 4 nitrogen and oxygen atoms in total. The Morgan fingerprint density at radius 3 is 2.94 bits per heavy atom. The molecule has 0 aromatic carbocycles. The molecule has 4 heteroatoms. The standard InChI is InChI=1S/C12H23N3O/c1-12(2,10-14)4-3-5-15-6-7-16-11(8-13)9-15/h11H,3-9,13H2,1-2H3. The molecule has 1 rings (SSSR count). The van der Waals surface area contributed by atoms with Crippen LogP contribution in [-0.4, -0.2) is 43.8 Å². The predicted octanol–water partition coefficient (Wildman–Crippen LogP) is 0.976. The Morgan fingerprint density at radius 2 is 2.31 bits per heavy atom. The molecule has 2 N–H and O–H groups in total. The van der Waals surface area contributed by atoms with Crippen LogP contribution in [0.15, 0.2) is 0 Å². The Morgan fingerprint density at radius 1 is 1.56 bits per heavy atom. The molecular weight excluding hydrogens is 202 g/mol. The monoisotopic (exact) mass is 225 g/mol. The van der Waals surface area contributed by atoms with E-state index in [1.54, 1.807) is 0 Å². The number of hydrogen-bond acceptors (Lipinski definition) is 4. The van der Waals surface area contributed by atoms with Gasteiger partial charge in [-0.05, 0) is 33.2 Å². The van der Waals surface area contributed by atoms with Crippen molar-refractivity contribution in [1.29, 1.82) is 5.26 Å². The van der Waals surface area contributed by atoms with E-state index in [0.29, 0.717) is 6.54 Å². The zero-order valence-corrected chi connectivity index (χ0v) is 10.4. The molecule has 1 atom stereocenters. The van der Waals surface area contributed by atoms with Crippen molar-refractivity contribution in [1.82, 2.24) is 4.90 Å². The van der Waals surface area contributed by atoms with Crippen molar-refractivity contribution in [2.24, 2.45) is 11.1 Å². The molecule has 0 radical (unpaired) electrons. The van der Waals surface area contributed by atoms with Gasteiger partial charge in [-0.25, -0.2) is 0 Å². The molecule has 1 fully saturated rings. The Labute approximate surface area is 98.4 Å². The molecule has 16 heavy (non-hydrogen) atoms. The lowest BCUT2D eigenvalue weighted by molar-refractivity contribution is -0.0238. The third-order valence-corrected chi connectivity index (χ3v) is 3.06. The topological polar surface area (TPSA) is 62.3 Å². The van der Waals surface area contributed by atoms with E-state index in [1.165, 1.54) is 0 Å². The van der Waals surface area contributed by atoms with Crippen molar-refractivity contribution in [3.63, 3.8) is 0 Å². The Kier molecular flexibility index (Phi) is 5.20. The van der Waals surface area contributed by atoms with E-state index in [2.05, 4.69) is 11.0 Å².